The molecule has 1 fully saturated rings. The van der Waals surface area contributed by atoms with Crippen LogP contribution in [0.15, 0.2) is 11.4 Å². The first-order valence-electron chi connectivity index (χ1n) is 5.55. The van der Waals surface area contributed by atoms with Gasteiger partial charge in [0.05, 0.1) is 5.39 Å². The van der Waals surface area contributed by atoms with Crippen molar-refractivity contribution in [2.45, 2.75) is 6.42 Å². The minimum Gasteiger partial charge on any atom is -0.369 e. The maximum absolute atomic E-state index is 5.92. The van der Waals surface area contributed by atoms with E-state index in [1.165, 1.54) is 17.9 Å². The van der Waals surface area contributed by atoms with E-state index in [0.717, 1.165) is 28.5 Å². The molecule has 0 amide bonds. The molecule has 1 aliphatic heterocycles. The first kappa shape index (κ1) is 11.6. The fourth-order valence-corrected chi connectivity index (χ4v) is 4.22. The average Bonchev–Trinajstić information content (AvgIpc) is 2.95. The molecular formula is C11H12ClN3S2. The molecule has 17 heavy (non-hydrogen) atoms. The van der Waals surface area contributed by atoms with Crippen molar-refractivity contribution in [1.29, 1.82) is 0 Å². The lowest BCUT2D eigenvalue weighted by atomic mass is 10.1. The van der Waals surface area contributed by atoms with Crippen LogP contribution in [0.25, 0.3) is 10.2 Å². The third kappa shape index (κ3) is 2.51. The topological polar surface area (TPSA) is 37.8 Å². The fraction of sp³-hybridized carbons (Fsp3) is 0.455. The van der Waals surface area contributed by atoms with Gasteiger partial charge in [0.15, 0.2) is 0 Å². The lowest BCUT2D eigenvalue weighted by Gasteiger charge is -2.11. The highest BCUT2D eigenvalue weighted by molar-refractivity contribution is 7.99. The van der Waals surface area contributed by atoms with Crippen molar-refractivity contribution in [1.82, 2.24) is 9.97 Å². The summed E-state index contributed by atoms with van der Waals surface area (Å²) in [5.41, 5.74) is 0. The summed E-state index contributed by atoms with van der Waals surface area (Å²) >= 11 is 9.54. The molecule has 0 bridgehead atoms. The summed E-state index contributed by atoms with van der Waals surface area (Å²) in [4.78, 5) is 9.43. The maximum Gasteiger partial charge on any atom is 0.225 e. The Hall–Kier alpha value is -0.520. The molecule has 1 aliphatic rings. The van der Waals surface area contributed by atoms with Gasteiger partial charge in [0, 0.05) is 6.54 Å². The lowest BCUT2D eigenvalue weighted by molar-refractivity contribution is 0.631. The Morgan fingerprint density at radius 3 is 3.24 bits per heavy atom. The Balaban J connectivity index is 1.81. The Bertz CT molecular complexity index is 522. The van der Waals surface area contributed by atoms with E-state index in [9.17, 15) is 0 Å². The number of hydrogen-bond donors (Lipinski definition) is 1. The summed E-state index contributed by atoms with van der Waals surface area (Å²) < 4.78 is 0. The van der Waals surface area contributed by atoms with Gasteiger partial charge >= 0.3 is 0 Å². The molecule has 6 heteroatoms. The minimum absolute atomic E-state index is 0.322. The van der Waals surface area contributed by atoms with Gasteiger partial charge in [-0.25, -0.2) is 9.97 Å². The summed E-state index contributed by atoms with van der Waals surface area (Å²) in [6.07, 6.45) is 1.29. The molecule has 0 spiro atoms. The highest BCUT2D eigenvalue weighted by Crippen LogP contribution is 2.28. The van der Waals surface area contributed by atoms with Crippen molar-refractivity contribution < 1.29 is 0 Å². The molecule has 1 atom stereocenters. The third-order valence-corrected chi connectivity index (χ3v) is 5.09. The van der Waals surface area contributed by atoms with E-state index in [1.54, 1.807) is 11.3 Å². The molecule has 90 valence electrons. The number of nitrogens with one attached hydrogen (secondary N) is 1. The monoisotopic (exact) mass is 285 g/mol. The number of hydrogen-bond acceptors (Lipinski definition) is 5. The van der Waals surface area contributed by atoms with Crippen molar-refractivity contribution in [3.8, 4) is 0 Å². The molecule has 0 saturated carbocycles. The van der Waals surface area contributed by atoms with Crippen molar-refractivity contribution in [2.75, 3.05) is 23.4 Å². The molecule has 1 saturated heterocycles. The number of rotatable bonds is 3. The standard InChI is InChI=1S/C11H12ClN3S2/c12-11-14-9(8-2-4-17-10(8)15-11)13-5-7-1-3-16-6-7/h2,4,7H,1,3,5-6H2,(H,13,14,15). The van der Waals surface area contributed by atoms with Crippen LogP contribution in [0, 0.1) is 5.92 Å². The number of anilines is 1. The van der Waals surface area contributed by atoms with Crippen LogP contribution in [0.3, 0.4) is 0 Å². The van der Waals surface area contributed by atoms with Crippen LogP contribution in [0.5, 0.6) is 0 Å². The molecule has 1 N–H and O–H groups in total. The Labute approximate surface area is 113 Å². The molecule has 3 rings (SSSR count). The zero-order chi connectivity index (χ0) is 11.7. The van der Waals surface area contributed by atoms with Gasteiger partial charge in [-0.1, -0.05) is 0 Å². The first-order chi connectivity index (χ1) is 8.33. The van der Waals surface area contributed by atoms with Crippen molar-refractivity contribution in [2.24, 2.45) is 5.92 Å². The van der Waals surface area contributed by atoms with Crippen LogP contribution in [-0.2, 0) is 0 Å². The molecule has 0 radical (unpaired) electrons. The summed E-state index contributed by atoms with van der Waals surface area (Å²) in [5.74, 6) is 4.16. The van der Waals surface area contributed by atoms with Crippen molar-refractivity contribution >= 4 is 50.7 Å². The van der Waals surface area contributed by atoms with Crippen LogP contribution in [0.2, 0.25) is 5.28 Å². The largest absolute Gasteiger partial charge is 0.369 e. The van der Waals surface area contributed by atoms with Crippen LogP contribution >= 0.6 is 34.7 Å². The zero-order valence-corrected chi connectivity index (χ0v) is 11.5. The highest BCUT2D eigenvalue weighted by Gasteiger charge is 2.16. The average molecular weight is 286 g/mol. The van der Waals surface area contributed by atoms with E-state index in [4.69, 9.17) is 11.6 Å². The summed E-state index contributed by atoms with van der Waals surface area (Å²) in [6, 6.07) is 2.04. The Kier molecular flexibility index (Phi) is 3.40. The maximum atomic E-state index is 5.92. The highest BCUT2D eigenvalue weighted by atomic mass is 35.5. The number of thiophene rings is 1. The number of thioether (sulfide) groups is 1. The molecule has 2 aromatic heterocycles. The van der Waals surface area contributed by atoms with E-state index >= 15 is 0 Å². The molecule has 3 nitrogen and oxygen atoms in total. The molecule has 0 aromatic carbocycles. The molecule has 3 heterocycles. The van der Waals surface area contributed by atoms with Crippen LogP contribution in [0.4, 0.5) is 5.82 Å². The number of nitrogens with zero attached hydrogens (tertiary/aromatic N) is 2. The Morgan fingerprint density at radius 2 is 2.41 bits per heavy atom. The SMILES string of the molecule is Clc1nc(NCC2CCSC2)c2ccsc2n1. The first-order valence-corrected chi connectivity index (χ1v) is 7.96. The van der Waals surface area contributed by atoms with Gasteiger partial charge < -0.3 is 5.32 Å². The number of halogens is 1. The van der Waals surface area contributed by atoms with Crippen LogP contribution in [0.1, 0.15) is 6.42 Å². The van der Waals surface area contributed by atoms with E-state index in [1.807, 2.05) is 23.2 Å². The summed E-state index contributed by atoms with van der Waals surface area (Å²) in [7, 11) is 0. The van der Waals surface area contributed by atoms with E-state index in [-0.39, 0.29) is 0 Å². The van der Waals surface area contributed by atoms with Crippen LogP contribution < -0.4 is 5.32 Å². The van der Waals surface area contributed by atoms with Gasteiger partial charge in [0.2, 0.25) is 5.28 Å². The van der Waals surface area contributed by atoms with Crippen molar-refractivity contribution in [3.63, 3.8) is 0 Å². The molecule has 0 aliphatic carbocycles. The van der Waals surface area contributed by atoms with Gasteiger partial charge in [-0.3, -0.25) is 0 Å². The predicted octanol–water partition coefficient (Wildman–Crippen LogP) is 3.51. The van der Waals surface area contributed by atoms with E-state index < -0.39 is 0 Å². The smallest absolute Gasteiger partial charge is 0.225 e. The van der Waals surface area contributed by atoms with E-state index in [0.29, 0.717) is 5.28 Å². The van der Waals surface area contributed by atoms with E-state index in [2.05, 4.69) is 15.3 Å². The van der Waals surface area contributed by atoms with Crippen LogP contribution in [-0.4, -0.2) is 28.0 Å². The van der Waals surface area contributed by atoms with Crippen molar-refractivity contribution in [3.05, 3.63) is 16.7 Å². The molecule has 2 aromatic rings. The second-order valence-electron chi connectivity index (χ2n) is 4.09. The van der Waals surface area contributed by atoms with Gasteiger partial charge in [-0.15, -0.1) is 11.3 Å². The summed E-state index contributed by atoms with van der Waals surface area (Å²) in [6.45, 7) is 0.977. The molecule has 1 unspecified atom stereocenters. The van der Waals surface area contributed by atoms with Gasteiger partial charge in [-0.2, -0.15) is 11.8 Å². The number of fused-ring (bicyclic) bond motifs is 1. The summed E-state index contributed by atoms with van der Waals surface area (Å²) in [5, 5.41) is 6.83. The quantitative estimate of drug-likeness (QED) is 0.876. The second-order valence-corrected chi connectivity index (χ2v) is 6.47. The predicted molar refractivity (Wildman–Crippen MR) is 76.3 cm³/mol. The minimum atomic E-state index is 0.322. The zero-order valence-electron chi connectivity index (χ0n) is 9.15. The third-order valence-electron chi connectivity index (χ3n) is 2.88. The second kappa shape index (κ2) is 5.00. The lowest BCUT2D eigenvalue weighted by Crippen LogP contribution is -2.14. The fourth-order valence-electron chi connectivity index (χ4n) is 1.95. The number of aromatic nitrogens is 2. The molecular weight excluding hydrogens is 274 g/mol. The Morgan fingerprint density at radius 1 is 1.47 bits per heavy atom. The van der Waals surface area contributed by atoms with Gasteiger partial charge in [0.25, 0.3) is 0 Å². The normalized spacial score (nSPS) is 19.9. The van der Waals surface area contributed by atoms with Gasteiger partial charge in [0.1, 0.15) is 10.6 Å². The van der Waals surface area contributed by atoms with Gasteiger partial charge in [-0.05, 0) is 46.9 Å².